The van der Waals surface area contributed by atoms with Crippen LogP contribution in [0.15, 0.2) is 4.47 Å². The Morgan fingerprint density at radius 2 is 1.90 bits per heavy atom. The van der Waals surface area contributed by atoms with E-state index in [-0.39, 0.29) is 5.41 Å². The van der Waals surface area contributed by atoms with Gasteiger partial charge in [0.05, 0.1) is 15.9 Å². The topological polar surface area (TPSA) is 29.9 Å². The molecule has 1 heterocycles. The fraction of sp³-hybridized carbons (Fsp3) is 0.824. The van der Waals surface area contributed by atoms with E-state index in [9.17, 15) is 0 Å². The molecule has 0 aromatic carbocycles. The molecule has 0 amide bonds. The van der Waals surface area contributed by atoms with Gasteiger partial charge in [-0.1, -0.05) is 34.6 Å². The molecule has 1 rings (SSSR count). The highest BCUT2D eigenvalue weighted by Gasteiger charge is 2.27. The molecule has 0 aliphatic carbocycles. The smallest absolute Gasteiger partial charge is 0.0766 e. The lowest BCUT2D eigenvalue weighted by Crippen LogP contribution is -2.34. The van der Waals surface area contributed by atoms with Gasteiger partial charge in [0.1, 0.15) is 0 Å². The van der Waals surface area contributed by atoms with Gasteiger partial charge >= 0.3 is 0 Å². The Hall–Kier alpha value is -0.350. The van der Waals surface area contributed by atoms with Crippen molar-refractivity contribution in [3.05, 3.63) is 15.9 Å². The largest absolute Gasteiger partial charge is 0.316 e. The Kier molecular flexibility index (Phi) is 7.41. The van der Waals surface area contributed by atoms with Crippen molar-refractivity contribution in [1.82, 2.24) is 15.1 Å². The van der Waals surface area contributed by atoms with E-state index >= 15 is 0 Å². The van der Waals surface area contributed by atoms with Crippen molar-refractivity contribution in [1.29, 1.82) is 0 Å². The third-order valence-corrected chi connectivity index (χ3v) is 5.09. The zero-order valence-corrected chi connectivity index (χ0v) is 16.2. The average Bonchev–Trinajstić information content (AvgIpc) is 2.73. The summed E-state index contributed by atoms with van der Waals surface area (Å²) < 4.78 is 3.39. The molecule has 122 valence electrons. The monoisotopic (exact) mass is 357 g/mol. The van der Waals surface area contributed by atoms with E-state index < -0.39 is 0 Å². The molecule has 0 saturated heterocycles. The van der Waals surface area contributed by atoms with E-state index in [2.05, 4.69) is 67.5 Å². The summed E-state index contributed by atoms with van der Waals surface area (Å²) in [6.45, 7) is 16.7. The highest BCUT2D eigenvalue weighted by molar-refractivity contribution is 9.10. The van der Waals surface area contributed by atoms with Crippen LogP contribution in [0.25, 0.3) is 0 Å². The fourth-order valence-corrected chi connectivity index (χ4v) is 3.31. The van der Waals surface area contributed by atoms with Crippen molar-refractivity contribution >= 4 is 15.9 Å². The van der Waals surface area contributed by atoms with E-state index in [1.807, 2.05) is 0 Å². The third kappa shape index (κ3) is 5.10. The highest BCUT2D eigenvalue weighted by atomic mass is 79.9. The predicted molar refractivity (Wildman–Crippen MR) is 94.8 cm³/mol. The number of hydrogen-bond acceptors (Lipinski definition) is 2. The summed E-state index contributed by atoms with van der Waals surface area (Å²) in [5.74, 6) is 0.604. The van der Waals surface area contributed by atoms with E-state index in [1.165, 1.54) is 22.3 Å². The van der Waals surface area contributed by atoms with Crippen LogP contribution in [0, 0.1) is 11.3 Å². The summed E-state index contributed by atoms with van der Waals surface area (Å²) in [7, 11) is 0. The summed E-state index contributed by atoms with van der Waals surface area (Å²) in [6.07, 6.45) is 3.24. The SMILES string of the molecule is CCCNCC(Cc1c(Br)c(CC)nn1CC)C(C)(C)C. The zero-order chi connectivity index (χ0) is 16.0. The van der Waals surface area contributed by atoms with Crippen molar-refractivity contribution < 1.29 is 0 Å². The van der Waals surface area contributed by atoms with Crippen LogP contribution in [-0.2, 0) is 19.4 Å². The number of nitrogens with one attached hydrogen (secondary N) is 1. The average molecular weight is 358 g/mol. The van der Waals surface area contributed by atoms with Gasteiger partial charge in [-0.3, -0.25) is 4.68 Å². The Labute approximate surface area is 139 Å². The van der Waals surface area contributed by atoms with Gasteiger partial charge in [-0.05, 0) is 66.5 Å². The van der Waals surface area contributed by atoms with Crippen molar-refractivity contribution in [2.75, 3.05) is 13.1 Å². The second kappa shape index (κ2) is 8.33. The number of aromatic nitrogens is 2. The van der Waals surface area contributed by atoms with Gasteiger partial charge in [0, 0.05) is 6.54 Å². The van der Waals surface area contributed by atoms with Crippen molar-refractivity contribution in [2.24, 2.45) is 11.3 Å². The Morgan fingerprint density at radius 3 is 2.38 bits per heavy atom. The molecule has 21 heavy (non-hydrogen) atoms. The molecule has 1 unspecified atom stereocenters. The first-order chi connectivity index (χ1) is 9.85. The molecule has 0 saturated carbocycles. The van der Waals surface area contributed by atoms with Gasteiger partial charge in [-0.15, -0.1) is 0 Å². The summed E-state index contributed by atoms with van der Waals surface area (Å²) in [4.78, 5) is 0. The van der Waals surface area contributed by atoms with Gasteiger partial charge in [0.2, 0.25) is 0 Å². The second-order valence-electron chi connectivity index (χ2n) is 6.85. The van der Waals surface area contributed by atoms with Gasteiger partial charge < -0.3 is 5.32 Å². The zero-order valence-electron chi connectivity index (χ0n) is 14.6. The predicted octanol–water partition coefficient (Wildman–Crippen LogP) is 4.43. The summed E-state index contributed by atoms with van der Waals surface area (Å²) in [6, 6.07) is 0. The van der Waals surface area contributed by atoms with Crippen LogP contribution in [0.2, 0.25) is 0 Å². The first-order valence-corrected chi connectivity index (χ1v) is 9.09. The second-order valence-corrected chi connectivity index (χ2v) is 7.64. The van der Waals surface area contributed by atoms with Crippen LogP contribution >= 0.6 is 15.9 Å². The molecule has 0 spiro atoms. The van der Waals surface area contributed by atoms with Crippen LogP contribution in [0.4, 0.5) is 0 Å². The van der Waals surface area contributed by atoms with E-state index in [4.69, 9.17) is 5.10 Å². The molecule has 1 aromatic heterocycles. The van der Waals surface area contributed by atoms with Crippen molar-refractivity contribution in [3.63, 3.8) is 0 Å². The molecule has 4 heteroatoms. The molecular formula is C17H32BrN3. The van der Waals surface area contributed by atoms with Crippen LogP contribution in [0.3, 0.4) is 0 Å². The maximum Gasteiger partial charge on any atom is 0.0766 e. The van der Waals surface area contributed by atoms with Crippen molar-refractivity contribution in [3.8, 4) is 0 Å². The van der Waals surface area contributed by atoms with Crippen molar-refractivity contribution in [2.45, 2.75) is 67.3 Å². The molecule has 3 nitrogen and oxygen atoms in total. The molecule has 0 fully saturated rings. The van der Waals surface area contributed by atoms with Gasteiger partial charge in [-0.25, -0.2) is 0 Å². The number of halogens is 1. The summed E-state index contributed by atoms with van der Waals surface area (Å²) in [5.41, 5.74) is 2.82. The molecule has 0 aliphatic heterocycles. The standard InChI is InChI=1S/C17H32BrN3/c1-7-10-19-12-13(17(4,5)6)11-15-16(18)14(8-2)20-21(15)9-3/h13,19H,7-12H2,1-6H3. The number of aryl methyl sites for hydroxylation is 2. The molecule has 0 aliphatic rings. The molecular weight excluding hydrogens is 326 g/mol. The van der Waals surface area contributed by atoms with E-state index in [0.29, 0.717) is 5.92 Å². The quantitative estimate of drug-likeness (QED) is 0.697. The Bertz CT molecular complexity index is 432. The molecule has 0 bridgehead atoms. The third-order valence-electron chi connectivity index (χ3n) is 4.18. The van der Waals surface area contributed by atoms with Crippen LogP contribution < -0.4 is 5.32 Å². The van der Waals surface area contributed by atoms with Crippen LogP contribution in [-0.4, -0.2) is 22.9 Å². The lowest BCUT2D eigenvalue weighted by molar-refractivity contribution is 0.227. The lowest BCUT2D eigenvalue weighted by Gasteiger charge is -2.31. The number of hydrogen-bond donors (Lipinski definition) is 1. The minimum atomic E-state index is 0.287. The first-order valence-electron chi connectivity index (χ1n) is 8.29. The van der Waals surface area contributed by atoms with E-state index in [1.54, 1.807) is 0 Å². The highest BCUT2D eigenvalue weighted by Crippen LogP contribution is 2.32. The number of rotatable bonds is 8. The van der Waals surface area contributed by atoms with E-state index in [0.717, 1.165) is 32.5 Å². The minimum absolute atomic E-state index is 0.287. The van der Waals surface area contributed by atoms with Crippen LogP contribution in [0.5, 0.6) is 0 Å². The Balaban J connectivity index is 2.94. The molecule has 0 radical (unpaired) electrons. The maximum absolute atomic E-state index is 4.73. The maximum atomic E-state index is 4.73. The number of nitrogens with zero attached hydrogens (tertiary/aromatic N) is 2. The molecule has 1 aromatic rings. The minimum Gasteiger partial charge on any atom is -0.316 e. The normalized spacial score (nSPS) is 13.7. The van der Waals surface area contributed by atoms with Gasteiger partial charge in [-0.2, -0.15) is 5.10 Å². The molecule has 1 N–H and O–H groups in total. The first kappa shape index (κ1) is 18.7. The van der Waals surface area contributed by atoms with Crippen LogP contribution in [0.1, 0.15) is 59.4 Å². The fourth-order valence-electron chi connectivity index (χ4n) is 2.58. The lowest BCUT2D eigenvalue weighted by atomic mass is 9.78. The summed E-state index contributed by atoms with van der Waals surface area (Å²) >= 11 is 3.78. The summed E-state index contributed by atoms with van der Waals surface area (Å²) in [5, 5.41) is 8.32. The Morgan fingerprint density at radius 1 is 1.24 bits per heavy atom. The van der Waals surface area contributed by atoms with Gasteiger partial charge in [0.25, 0.3) is 0 Å². The van der Waals surface area contributed by atoms with Gasteiger partial charge in [0.15, 0.2) is 0 Å². The molecule has 1 atom stereocenters.